The number of anilines is 2. The number of nitrogens with one attached hydrogen (secondary N) is 1. The van der Waals surface area contributed by atoms with Gasteiger partial charge in [0.2, 0.25) is 5.91 Å². The molecular formula is C24H30ClN3O4. The molecule has 3 rings (SSSR count). The van der Waals surface area contributed by atoms with Gasteiger partial charge in [-0.25, -0.2) is 0 Å². The van der Waals surface area contributed by atoms with Crippen LogP contribution in [0.25, 0.3) is 0 Å². The molecule has 1 aliphatic heterocycles. The number of carbonyl (C=O) groups excluding carboxylic acids is 2. The van der Waals surface area contributed by atoms with Gasteiger partial charge in [-0.1, -0.05) is 25.4 Å². The van der Waals surface area contributed by atoms with Crippen molar-refractivity contribution in [1.29, 1.82) is 0 Å². The molecule has 1 heterocycles. The maximum atomic E-state index is 12.7. The van der Waals surface area contributed by atoms with Crippen LogP contribution in [0.2, 0.25) is 5.02 Å². The lowest BCUT2D eigenvalue weighted by molar-refractivity contribution is -0.132. The summed E-state index contributed by atoms with van der Waals surface area (Å²) in [7, 11) is 3.07. The van der Waals surface area contributed by atoms with E-state index in [2.05, 4.69) is 24.1 Å². The maximum absolute atomic E-state index is 12.7. The highest BCUT2D eigenvalue weighted by atomic mass is 35.5. The van der Waals surface area contributed by atoms with E-state index in [9.17, 15) is 9.59 Å². The Hall–Kier alpha value is -2.93. The Morgan fingerprint density at radius 3 is 2.28 bits per heavy atom. The Balaban J connectivity index is 1.63. The predicted octanol–water partition coefficient (Wildman–Crippen LogP) is 4.30. The van der Waals surface area contributed by atoms with Gasteiger partial charge in [0.05, 0.1) is 24.9 Å². The van der Waals surface area contributed by atoms with Crippen molar-refractivity contribution in [2.24, 2.45) is 5.92 Å². The fraction of sp³-hybridized carbons (Fsp3) is 0.417. The SMILES string of the molecule is COc1ccc(C(=O)Nc2ccc(N3CCN(C(=O)CC(C)C)CC3)c(Cl)c2)cc1OC. The largest absolute Gasteiger partial charge is 0.493 e. The first-order valence-electron chi connectivity index (χ1n) is 10.7. The minimum atomic E-state index is -0.271. The third-order valence-electron chi connectivity index (χ3n) is 5.41. The number of amides is 2. The smallest absolute Gasteiger partial charge is 0.255 e. The second-order valence-corrected chi connectivity index (χ2v) is 8.56. The van der Waals surface area contributed by atoms with Crippen molar-refractivity contribution in [3.8, 4) is 11.5 Å². The monoisotopic (exact) mass is 459 g/mol. The molecule has 2 aromatic rings. The average Bonchev–Trinajstić information content (AvgIpc) is 2.78. The molecular weight excluding hydrogens is 430 g/mol. The molecule has 0 unspecified atom stereocenters. The first-order chi connectivity index (χ1) is 15.3. The Kier molecular flexibility index (Phi) is 7.85. The van der Waals surface area contributed by atoms with E-state index in [4.69, 9.17) is 21.1 Å². The number of hydrogen-bond acceptors (Lipinski definition) is 5. The van der Waals surface area contributed by atoms with Crippen molar-refractivity contribution in [2.75, 3.05) is 50.6 Å². The Labute approximate surface area is 194 Å². The van der Waals surface area contributed by atoms with E-state index in [0.29, 0.717) is 53.2 Å². The number of carbonyl (C=O) groups is 2. The number of ether oxygens (including phenoxy) is 2. The van der Waals surface area contributed by atoms with E-state index in [0.717, 1.165) is 18.8 Å². The van der Waals surface area contributed by atoms with Gasteiger partial charge in [0.15, 0.2) is 11.5 Å². The van der Waals surface area contributed by atoms with Gasteiger partial charge in [0, 0.05) is 43.9 Å². The molecule has 0 spiro atoms. The van der Waals surface area contributed by atoms with Crippen LogP contribution in [0.3, 0.4) is 0 Å². The fourth-order valence-electron chi connectivity index (χ4n) is 3.70. The quantitative estimate of drug-likeness (QED) is 0.668. The number of benzene rings is 2. The van der Waals surface area contributed by atoms with Gasteiger partial charge in [-0.2, -0.15) is 0 Å². The van der Waals surface area contributed by atoms with Gasteiger partial charge >= 0.3 is 0 Å². The number of halogens is 1. The van der Waals surface area contributed by atoms with Crippen LogP contribution in [0.1, 0.15) is 30.6 Å². The van der Waals surface area contributed by atoms with Crippen LogP contribution in [0.15, 0.2) is 36.4 Å². The van der Waals surface area contributed by atoms with E-state index in [1.807, 2.05) is 17.0 Å². The lowest BCUT2D eigenvalue weighted by Gasteiger charge is -2.36. The van der Waals surface area contributed by atoms with E-state index in [1.165, 1.54) is 7.11 Å². The van der Waals surface area contributed by atoms with Gasteiger partial charge < -0.3 is 24.6 Å². The zero-order chi connectivity index (χ0) is 23.3. The summed E-state index contributed by atoms with van der Waals surface area (Å²) in [6.07, 6.45) is 0.579. The third-order valence-corrected chi connectivity index (χ3v) is 5.71. The van der Waals surface area contributed by atoms with Gasteiger partial charge in [0.1, 0.15) is 0 Å². The molecule has 32 heavy (non-hydrogen) atoms. The second-order valence-electron chi connectivity index (χ2n) is 8.16. The molecule has 2 amide bonds. The fourth-order valence-corrected chi connectivity index (χ4v) is 4.00. The molecule has 1 N–H and O–H groups in total. The van der Waals surface area contributed by atoms with Crippen LogP contribution < -0.4 is 19.7 Å². The molecule has 0 atom stereocenters. The van der Waals surface area contributed by atoms with Crippen LogP contribution in [-0.2, 0) is 4.79 Å². The summed E-state index contributed by atoms with van der Waals surface area (Å²) in [5.74, 6) is 1.34. The number of methoxy groups -OCH3 is 2. The summed E-state index contributed by atoms with van der Waals surface area (Å²) in [6.45, 7) is 6.92. The minimum Gasteiger partial charge on any atom is -0.493 e. The van der Waals surface area contributed by atoms with Crippen LogP contribution >= 0.6 is 11.6 Å². The van der Waals surface area contributed by atoms with Gasteiger partial charge in [-0.05, 0) is 42.3 Å². The van der Waals surface area contributed by atoms with E-state index in [-0.39, 0.29) is 11.8 Å². The van der Waals surface area contributed by atoms with Crippen LogP contribution in [0, 0.1) is 5.92 Å². The molecule has 0 aliphatic carbocycles. The molecule has 0 bridgehead atoms. The highest BCUT2D eigenvalue weighted by Crippen LogP contribution is 2.31. The summed E-state index contributed by atoms with van der Waals surface area (Å²) in [4.78, 5) is 29.0. The summed E-state index contributed by atoms with van der Waals surface area (Å²) in [5, 5.41) is 3.42. The summed E-state index contributed by atoms with van der Waals surface area (Å²) >= 11 is 6.54. The van der Waals surface area contributed by atoms with Crippen molar-refractivity contribution < 1.29 is 19.1 Å². The highest BCUT2D eigenvalue weighted by Gasteiger charge is 2.23. The average molecular weight is 460 g/mol. The summed E-state index contributed by atoms with van der Waals surface area (Å²) in [6, 6.07) is 10.5. The lowest BCUT2D eigenvalue weighted by Crippen LogP contribution is -2.49. The van der Waals surface area contributed by atoms with Crippen LogP contribution in [-0.4, -0.2) is 57.1 Å². The molecule has 0 radical (unpaired) electrons. The molecule has 7 nitrogen and oxygen atoms in total. The first-order valence-corrected chi connectivity index (χ1v) is 11.1. The third kappa shape index (κ3) is 5.65. The van der Waals surface area contributed by atoms with Crippen LogP contribution in [0.4, 0.5) is 11.4 Å². The van der Waals surface area contributed by atoms with Gasteiger partial charge in [-0.15, -0.1) is 0 Å². The normalized spacial score (nSPS) is 13.8. The first kappa shape index (κ1) is 23.7. The topological polar surface area (TPSA) is 71.1 Å². The van der Waals surface area contributed by atoms with Crippen molar-refractivity contribution in [1.82, 2.24) is 4.90 Å². The van der Waals surface area contributed by atoms with Crippen molar-refractivity contribution in [3.63, 3.8) is 0 Å². The number of piperazine rings is 1. The number of rotatable bonds is 7. The van der Waals surface area contributed by atoms with Crippen molar-refractivity contribution in [2.45, 2.75) is 20.3 Å². The van der Waals surface area contributed by atoms with E-state index in [1.54, 1.807) is 31.4 Å². The Morgan fingerprint density at radius 1 is 1.00 bits per heavy atom. The predicted molar refractivity (Wildman–Crippen MR) is 127 cm³/mol. The molecule has 2 aromatic carbocycles. The molecule has 1 fully saturated rings. The highest BCUT2D eigenvalue weighted by molar-refractivity contribution is 6.33. The zero-order valence-electron chi connectivity index (χ0n) is 19.0. The summed E-state index contributed by atoms with van der Waals surface area (Å²) < 4.78 is 10.5. The van der Waals surface area contributed by atoms with E-state index >= 15 is 0 Å². The summed E-state index contributed by atoms with van der Waals surface area (Å²) in [5.41, 5.74) is 1.95. The molecule has 8 heteroatoms. The standard InChI is InChI=1S/C24H30ClN3O4/c1-16(2)13-23(29)28-11-9-27(10-12-28)20-7-6-18(15-19(20)25)26-24(30)17-5-8-21(31-3)22(14-17)32-4/h5-8,14-16H,9-13H2,1-4H3,(H,26,30). The van der Waals surface area contributed by atoms with Gasteiger partial charge in [-0.3, -0.25) is 9.59 Å². The molecule has 0 aromatic heterocycles. The maximum Gasteiger partial charge on any atom is 0.255 e. The zero-order valence-corrected chi connectivity index (χ0v) is 19.7. The number of hydrogen-bond donors (Lipinski definition) is 1. The molecule has 1 aliphatic rings. The number of nitrogens with zero attached hydrogens (tertiary/aromatic N) is 2. The Morgan fingerprint density at radius 2 is 1.69 bits per heavy atom. The van der Waals surface area contributed by atoms with E-state index < -0.39 is 0 Å². The molecule has 1 saturated heterocycles. The van der Waals surface area contributed by atoms with Gasteiger partial charge in [0.25, 0.3) is 5.91 Å². The van der Waals surface area contributed by atoms with Crippen molar-refractivity contribution >= 4 is 34.8 Å². The lowest BCUT2D eigenvalue weighted by atomic mass is 10.1. The molecule has 172 valence electrons. The van der Waals surface area contributed by atoms with Crippen molar-refractivity contribution in [3.05, 3.63) is 47.0 Å². The van der Waals surface area contributed by atoms with Crippen LogP contribution in [0.5, 0.6) is 11.5 Å². The molecule has 0 saturated carbocycles. The minimum absolute atomic E-state index is 0.207. The second kappa shape index (κ2) is 10.6. The Bertz CT molecular complexity index is 972.